The lowest BCUT2D eigenvalue weighted by Crippen LogP contribution is -2.10. The van der Waals surface area contributed by atoms with Crippen LogP contribution in [0.15, 0.2) is 48.7 Å². The zero-order valence-electron chi connectivity index (χ0n) is 10.6. The number of nitrogens with zero attached hydrogens (tertiary/aromatic N) is 2. The number of para-hydroxylation sites is 1. The average Bonchev–Trinajstić information content (AvgIpc) is 2.47. The molecule has 0 aliphatic rings. The summed E-state index contributed by atoms with van der Waals surface area (Å²) in [4.78, 5) is 17.7. The highest BCUT2D eigenvalue weighted by Crippen LogP contribution is 2.22. The lowest BCUT2D eigenvalue weighted by atomic mass is 10.2. The summed E-state index contributed by atoms with van der Waals surface area (Å²) >= 11 is 0. The molecule has 0 saturated heterocycles. The molecular weight excluding hydrogens is 224 g/mol. The molecule has 2 rings (SSSR count). The van der Waals surface area contributed by atoms with Crippen LogP contribution >= 0.6 is 0 Å². The van der Waals surface area contributed by atoms with Gasteiger partial charge in [-0.1, -0.05) is 25.1 Å². The van der Waals surface area contributed by atoms with Gasteiger partial charge >= 0.3 is 0 Å². The van der Waals surface area contributed by atoms with Crippen molar-refractivity contribution >= 4 is 17.2 Å². The molecule has 0 radical (unpaired) electrons. The maximum atomic E-state index is 11.5. The standard InChI is InChI=1S/C15H16N2O/c1-3-15(18)14-10-9-13(11-16-14)17(2)12-7-5-4-6-8-12/h4-11H,3H2,1-2H3. The predicted molar refractivity (Wildman–Crippen MR) is 73.4 cm³/mol. The van der Waals surface area contributed by atoms with E-state index < -0.39 is 0 Å². The fourth-order valence-electron chi connectivity index (χ4n) is 1.73. The third-order valence-electron chi connectivity index (χ3n) is 2.89. The van der Waals surface area contributed by atoms with Crippen molar-refractivity contribution in [1.29, 1.82) is 0 Å². The zero-order chi connectivity index (χ0) is 13.0. The van der Waals surface area contributed by atoms with Crippen molar-refractivity contribution in [2.75, 3.05) is 11.9 Å². The monoisotopic (exact) mass is 240 g/mol. The van der Waals surface area contributed by atoms with Gasteiger partial charge in [0.05, 0.1) is 11.9 Å². The number of hydrogen-bond donors (Lipinski definition) is 0. The van der Waals surface area contributed by atoms with E-state index in [2.05, 4.69) is 4.98 Å². The predicted octanol–water partition coefficient (Wildman–Crippen LogP) is 3.44. The van der Waals surface area contributed by atoms with E-state index in [1.165, 1.54) is 0 Å². The fourth-order valence-corrected chi connectivity index (χ4v) is 1.73. The first-order valence-electron chi connectivity index (χ1n) is 6.00. The maximum Gasteiger partial charge on any atom is 0.180 e. The summed E-state index contributed by atoms with van der Waals surface area (Å²) in [5, 5.41) is 0. The highest BCUT2D eigenvalue weighted by molar-refractivity contribution is 5.94. The lowest BCUT2D eigenvalue weighted by molar-refractivity contribution is 0.0983. The van der Waals surface area contributed by atoms with Gasteiger partial charge in [0.1, 0.15) is 5.69 Å². The molecule has 0 bridgehead atoms. The number of aromatic nitrogens is 1. The van der Waals surface area contributed by atoms with Gasteiger partial charge in [-0.3, -0.25) is 9.78 Å². The van der Waals surface area contributed by atoms with E-state index in [9.17, 15) is 4.79 Å². The van der Waals surface area contributed by atoms with Crippen LogP contribution in [-0.4, -0.2) is 17.8 Å². The van der Waals surface area contributed by atoms with Gasteiger partial charge in [-0.2, -0.15) is 0 Å². The minimum Gasteiger partial charge on any atom is -0.343 e. The molecule has 3 heteroatoms. The Morgan fingerprint density at radius 3 is 2.39 bits per heavy atom. The summed E-state index contributed by atoms with van der Waals surface area (Å²) in [6, 6.07) is 13.7. The van der Waals surface area contributed by atoms with Crippen molar-refractivity contribution in [1.82, 2.24) is 4.98 Å². The number of rotatable bonds is 4. The van der Waals surface area contributed by atoms with Crippen LogP contribution in [0.1, 0.15) is 23.8 Å². The Kier molecular flexibility index (Phi) is 3.72. The smallest absolute Gasteiger partial charge is 0.180 e. The Morgan fingerprint density at radius 2 is 1.83 bits per heavy atom. The summed E-state index contributed by atoms with van der Waals surface area (Å²) in [5.41, 5.74) is 2.59. The number of Topliss-reactive ketones (excluding diaryl/α,β-unsaturated/α-hetero) is 1. The van der Waals surface area contributed by atoms with Crippen molar-refractivity contribution in [3.8, 4) is 0 Å². The van der Waals surface area contributed by atoms with E-state index in [-0.39, 0.29) is 5.78 Å². The molecule has 0 amide bonds. The van der Waals surface area contributed by atoms with Crippen molar-refractivity contribution < 1.29 is 4.79 Å². The second kappa shape index (κ2) is 5.45. The minimum absolute atomic E-state index is 0.0731. The number of hydrogen-bond acceptors (Lipinski definition) is 3. The molecule has 1 aromatic carbocycles. The van der Waals surface area contributed by atoms with Crippen molar-refractivity contribution in [2.24, 2.45) is 0 Å². The van der Waals surface area contributed by atoms with E-state index in [1.54, 1.807) is 12.3 Å². The molecule has 1 heterocycles. The van der Waals surface area contributed by atoms with Crippen molar-refractivity contribution in [3.63, 3.8) is 0 Å². The third-order valence-corrected chi connectivity index (χ3v) is 2.89. The van der Waals surface area contributed by atoms with Crippen molar-refractivity contribution in [3.05, 3.63) is 54.4 Å². The fraction of sp³-hybridized carbons (Fsp3) is 0.200. The van der Waals surface area contributed by atoms with Gasteiger partial charge in [0.15, 0.2) is 5.78 Å². The zero-order valence-corrected chi connectivity index (χ0v) is 10.6. The number of ketones is 1. The lowest BCUT2D eigenvalue weighted by Gasteiger charge is -2.19. The molecule has 2 aromatic rings. The van der Waals surface area contributed by atoms with E-state index in [0.29, 0.717) is 12.1 Å². The summed E-state index contributed by atoms with van der Waals surface area (Å²) in [5.74, 6) is 0.0731. The summed E-state index contributed by atoms with van der Waals surface area (Å²) < 4.78 is 0. The van der Waals surface area contributed by atoms with Gasteiger partial charge in [0.25, 0.3) is 0 Å². The first-order chi connectivity index (χ1) is 8.72. The third kappa shape index (κ3) is 2.56. The molecule has 0 unspecified atom stereocenters. The first-order valence-corrected chi connectivity index (χ1v) is 6.00. The number of carbonyl (C=O) groups is 1. The maximum absolute atomic E-state index is 11.5. The van der Waals surface area contributed by atoms with Crippen LogP contribution in [0.5, 0.6) is 0 Å². The summed E-state index contributed by atoms with van der Waals surface area (Å²) in [7, 11) is 1.98. The van der Waals surface area contributed by atoms with Gasteiger partial charge in [-0.05, 0) is 24.3 Å². The molecule has 0 aliphatic carbocycles. The SMILES string of the molecule is CCC(=O)c1ccc(N(C)c2ccccc2)cn1. The Morgan fingerprint density at radius 1 is 1.11 bits per heavy atom. The van der Waals surface area contributed by atoms with Crippen molar-refractivity contribution in [2.45, 2.75) is 13.3 Å². The summed E-state index contributed by atoms with van der Waals surface area (Å²) in [6.45, 7) is 1.84. The van der Waals surface area contributed by atoms with Crippen LogP contribution in [0.3, 0.4) is 0 Å². The molecule has 0 saturated carbocycles. The van der Waals surface area contributed by atoms with Crippen LogP contribution in [0.4, 0.5) is 11.4 Å². The molecule has 3 nitrogen and oxygen atoms in total. The van der Waals surface area contributed by atoms with Crippen LogP contribution in [0, 0.1) is 0 Å². The van der Waals surface area contributed by atoms with Gasteiger partial charge < -0.3 is 4.90 Å². The molecule has 0 fully saturated rings. The van der Waals surface area contributed by atoms with E-state index in [4.69, 9.17) is 0 Å². The molecule has 1 aromatic heterocycles. The molecule has 0 N–H and O–H groups in total. The first kappa shape index (κ1) is 12.3. The Bertz CT molecular complexity index is 520. The van der Waals surface area contributed by atoms with E-state index in [0.717, 1.165) is 11.4 Å². The molecule has 0 atom stereocenters. The molecular formula is C15H16N2O. The Hall–Kier alpha value is -2.16. The molecule has 18 heavy (non-hydrogen) atoms. The van der Waals surface area contributed by atoms with Gasteiger partial charge in [-0.15, -0.1) is 0 Å². The topological polar surface area (TPSA) is 33.2 Å². The molecule has 92 valence electrons. The highest BCUT2D eigenvalue weighted by atomic mass is 16.1. The normalized spacial score (nSPS) is 10.1. The number of benzene rings is 1. The second-order valence-corrected chi connectivity index (χ2v) is 4.07. The summed E-state index contributed by atoms with van der Waals surface area (Å²) in [6.07, 6.45) is 2.22. The van der Waals surface area contributed by atoms with Crippen LogP contribution in [0.25, 0.3) is 0 Å². The Balaban J connectivity index is 2.22. The quantitative estimate of drug-likeness (QED) is 0.767. The van der Waals surface area contributed by atoms with Crippen LogP contribution in [0.2, 0.25) is 0 Å². The molecule has 0 spiro atoms. The average molecular weight is 240 g/mol. The number of carbonyl (C=O) groups excluding carboxylic acids is 1. The second-order valence-electron chi connectivity index (χ2n) is 4.07. The largest absolute Gasteiger partial charge is 0.343 e. The molecule has 0 aliphatic heterocycles. The van der Waals surface area contributed by atoms with E-state index >= 15 is 0 Å². The van der Waals surface area contributed by atoms with Gasteiger partial charge in [-0.25, -0.2) is 0 Å². The Labute approximate surface area is 107 Å². The van der Waals surface area contributed by atoms with Gasteiger partial charge in [0.2, 0.25) is 0 Å². The van der Waals surface area contributed by atoms with Crippen LogP contribution in [-0.2, 0) is 0 Å². The highest BCUT2D eigenvalue weighted by Gasteiger charge is 2.07. The number of pyridine rings is 1. The van der Waals surface area contributed by atoms with Crippen LogP contribution < -0.4 is 4.90 Å². The van der Waals surface area contributed by atoms with Gasteiger partial charge in [0, 0.05) is 19.2 Å². The van der Waals surface area contributed by atoms with E-state index in [1.807, 2.05) is 55.3 Å². The number of anilines is 2. The minimum atomic E-state index is 0.0731.